The lowest BCUT2D eigenvalue weighted by Gasteiger charge is -2.38. The Balaban J connectivity index is 1.86. The Morgan fingerprint density at radius 1 is 1.26 bits per heavy atom. The molecule has 1 amide bonds. The summed E-state index contributed by atoms with van der Waals surface area (Å²) >= 11 is 6.00. The molecule has 2 unspecified atom stereocenters. The molecule has 0 saturated carbocycles. The van der Waals surface area contributed by atoms with Crippen molar-refractivity contribution in [2.75, 3.05) is 6.61 Å². The van der Waals surface area contributed by atoms with Gasteiger partial charge in [0.1, 0.15) is 0 Å². The molecule has 23 heavy (non-hydrogen) atoms. The number of ether oxygens (including phenoxy) is 1. The molecule has 1 aliphatic heterocycles. The molecule has 0 N–H and O–H groups in total. The van der Waals surface area contributed by atoms with Crippen LogP contribution in [0.1, 0.15) is 38.7 Å². The van der Waals surface area contributed by atoms with Crippen LogP contribution in [0.4, 0.5) is 0 Å². The van der Waals surface area contributed by atoms with E-state index in [2.05, 4.69) is 0 Å². The fourth-order valence-corrected chi connectivity index (χ4v) is 3.14. The van der Waals surface area contributed by atoms with E-state index in [0.717, 1.165) is 24.8 Å². The molecular formula is C18H22ClNO3. The van der Waals surface area contributed by atoms with Gasteiger partial charge in [-0.1, -0.05) is 29.8 Å². The van der Waals surface area contributed by atoms with Gasteiger partial charge in [-0.3, -0.25) is 4.79 Å². The maximum absolute atomic E-state index is 12.3. The molecule has 1 heterocycles. The van der Waals surface area contributed by atoms with Crippen molar-refractivity contribution in [3.63, 3.8) is 0 Å². The van der Waals surface area contributed by atoms with Gasteiger partial charge in [-0.05, 0) is 50.8 Å². The minimum absolute atomic E-state index is 0.135. The molecule has 2 atom stereocenters. The molecule has 1 aromatic rings. The maximum Gasteiger partial charge on any atom is 0.331 e. The Bertz CT molecular complexity index is 590. The van der Waals surface area contributed by atoms with Crippen molar-refractivity contribution in [3.8, 4) is 0 Å². The first-order valence-electron chi connectivity index (χ1n) is 7.89. The number of hydrogen-bond acceptors (Lipinski definition) is 3. The molecule has 2 rings (SSSR count). The van der Waals surface area contributed by atoms with E-state index in [-0.39, 0.29) is 24.6 Å². The number of carbonyl (C=O) groups excluding carboxylic acids is 2. The van der Waals surface area contributed by atoms with Gasteiger partial charge in [0.2, 0.25) is 0 Å². The highest BCUT2D eigenvalue weighted by Crippen LogP contribution is 2.22. The van der Waals surface area contributed by atoms with Crippen molar-refractivity contribution in [3.05, 3.63) is 40.9 Å². The van der Waals surface area contributed by atoms with Crippen molar-refractivity contribution < 1.29 is 14.3 Å². The number of rotatable bonds is 4. The lowest BCUT2D eigenvalue weighted by Crippen LogP contribution is -2.49. The number of esters is 1. The van der Waals surface area contributed by atoms with Crippen LogP contribution in [0.25, 0.3) is 6.08 Å². The van der Waals surface area contributed by atoms with Crippen LogP contribution in [0, 0.1) is 0 Å². The zero-order valence-corrected chi connectivity index (χ0v) is 14.3. The van der Waals surface area contributed by atoms with E-state index in [1.54, 1.807) is 18.2 Å². The largest absolute Gasteiger partial charge is 0.452 e. The van der Waals surface area contributed by atoms with Crippen molar-refractivity contribution in [2.45, 2.75) is 45.2 Å². The third-order valence-corrected chi connectivity index (χ3v) is 4.47. The van der Waals surface area contributed by atoms with Crippen molar-refractivity contribution >= 4 is 29.6 Å². The molecule has 0 bridgehead atoms. The van der Waals surface area contributed by atoms with E-state index >= 15 is 0 Å². The zero-order valence-electron chi connectivity index (χ0n) is 13.5. The third kappa shape index (κ3) is 4.83. The number of amides is 1. The molecule has 1 saturated heterocycles. The first kappa shape index (κ1) is 17.5. The summed E-state index contributed by atoms with van der Waals surface area (Å²) in [4.78, 5) is 25.8. The zero-order chi connectivity index (χ0) is 16.8. The van der Waals surface area contributed by atoms with Gasteiger partial charge in [-0.25, -0.2) is 4.79 Å². The van der Waals surface area contributed by atoms with Crippen LogP contribution in [0.3, 0.4) is 0 Å². The van der Waals surface area contributed by atoms with E-state index in [0.29, 0.717) is 5.02 Å². The van der Waals surface area contributed by atoms with Crippen LogP contribution in [0.2, 0.25) is 5.02 Å². The highest BCUT2D eigenvalue weighted by atomic mass is 35.5. The predicted molar refractivity (Wildman–Crippen MR) is 91.1 cm³/mol. The van der Waals surface area contributed by atoms with E-state index < -0.39 is 5.97 Å². The summed E-state index contributed by atoms with van der Waals surface area (Å²) in [6.07, 6.45) is 6.00. The molecule has 0 radical (unpaired) electrons. The lowest BCUT2D eigenvalue weighted by molar-refractivity contribution is -0.151. The normalized spacial score (nSPS) is 21.4. The molecule has 124 valence electrons. The smallest absolute Gasteiger partial charge is 0.331 e. The van der Waals surface area contributed by atoms with E-state index in [1.807, 2.05) is 30.9 Å². The fraction of sp³-hybridized carbons (Fsp3) is 0.444. The third-order valence-electron chi connectivity index (χ3n) is 4.12. The summed E-state index contributed by atoms with van der Waals surface area (Å²) in [5, 5.41) is 0.559. The van der Waals surface area contributed by atoms with Crippen LogP contribution in [-0.2, 0) is 14.3 Å². The monoisotopic (exact) mass is 335 g/mol. The second-order valence-corrected chi connectivity index (χ2v) is 6.30. The number of piperidine rings is 1. The minimum Gasteiger partial charge on any atom is -0.452 e. The minimum atomic E-state index is -0.546. The van der Waals surface area contributed by atoms with Crippen LogP contribution in [-0.4, -0.2) is 35.5 Å². The highest BCUT2D eigenvalue weighted by Gasteiger charge is 2.29. The summed E-state index contributed by atoms with van der Waals surface area (Å²) in [5.74, 6) is -0.681. The SMILES string of the molecule is CC1CCCC(C)N1C(=O)COC(=O)C=Cc1ccccc1Cl. The van der Waals surface area contributed by atoms with Gasteiger partial charge < -0.3 is 9.64 Å². The van der Waals surface area contributed by atoms with Crippen molar-refractivity contribution in [2.24, 2.45) is 0 Å². The number of benzene rings is 1. The Morgan fingerprint density at radius 3 is 2.57 bits per heavy atom. The Labute approximate surface area is 142 Å². The van der Waals surface area contributed by atoms with Crippen molar-refractivity contribution in [1.29, 1.82) is 0 Å². The van der Waals surface area contributed by atoms with Gasteiger partial charge in [0.25, 0.3) is 5.91 Å². The molecule has 1 aliphatic rings. The van der Waals surface area contributed by atoms with Gasteiger partial charge in [-0.2, -0.15) is 0 Å². The number of likely N-dealkylation sites (tertiary alicyclic amines) is 1. The molecule has 0 aromatic heterocycles. The average Bonchev–Trinajstić information content (AvgIpc) is 2.52. The molecule has 5 heteroatoms. The van der Waals surface area contributed by atoms with Gasteiger partial charge in [0, 0.05) is 23.2 Å². The Morgan fingerprint density at radius 2 is 1.91 bits per heavy atom. The molecule has 4 nitrogen and oxygen atoms in total. The Kier molecular flexibility index (Phi) is 6.22. The van der Waals surface area contributed by atoms with Gasteiger partial charge in [-0.15, -0.1) is 0 Å². The van der Waals surface area contributed by atoms with Crippen LogP contribution >= 0.6 is 11.6 Å². The summed E-state index contributed by atoms with van der Waals surface area (Å²) in [7, 11) is 0. The predicted octanol–water partition coefficient (Wildman–Crippen LogP) is 3.69. The summed E-state index contributed by atoms with van der Waals surface area (Å²) in [5.41, 5.74) is 0.732. The fourth-order valence-electron chi connectivity index (χ4n) is 2.94. The standard InChI is InChI=1S/C18H22ClNO3/c1-13-6-5-7-14(2)20(13)17(21)12-23-18(22)11-10-15-8-3-4-9-16(15)19/h3-4,8-11,13-14H,5-7,12H2,1-2H3. The molecule has 0 spiro atoms. The van der Waals surface area contributed by atoms with Crippen LogP contribution < -0.4 is 0 Å². The first-order valence-corrected chi connectivity index (χ1v) is 8.27. The molecule has 1 fully saturated rings. The maximum atomic E-state index is 12.3. The van der Waals surface area contributed by atoms with Gasteiger partial charge in [0.15, 0.2) is 6.61 Å². The number of halogens is 1. The molecule has 1 aromatic carbocycles. The van der Waals surface area contributed by atoms with Gasteiger partial charge in [0.05, 0.1) is 0 Å². The second kappa shape index (κ2) is 8.16. The quantitative estimate of drug-likeness (QED) is 0.622. The number of hydrogen-bond donors (Lipinski definition) is 0. The summed E-state index contributed by atoms with van der Waals surface area (Å²) in [6, 6.07) is 7.59. The first-order chi connectivity index (χ1) is 11.0. The van der Waals surface area contributed by atoms with E-state index in [4.69, 9.17) is 16.3 Å². The second-order valence-electron chi connectivity index (χ2n) is 5.89. The van der Waals surface area contributed by atoms with E-state index in [9.17, 15) is 9.59 Å². The van der Waals surface area contributed by atoms with Crippen LogP contribution in [0.5, 0.6) is 0 Å². The molecular weight excluding hydrogens is 314 g/mol. The lowest BCUT2D eigenvalue weighted by atomic mass is 9.97. The topological polar surface area (TPSA) is 46.6 Å². The molecule has 0 aliphatic carbocycles. The number of nitrogens with zero attached hydrogens (tertiary/aromatic N) is 1. The van der Waals surface area contributed by atoms with Crippen LogP contribution in [0.15, 0.2) is 30.3 Å². The summed E-state index contributed by atoms with van der Waals surface area (Å²) in [6.45, 7) is 3.85. The van der Waals surface area contributed by atoms with Gasteiger partial charge >= 0.3 is 5.97 Å². The highest BCUT2D eigenvalue weighted by molar-refractivity contribution is 6.32. The number of carbonyl (C=O) groups is 2. The summed E-state index contributed by atoms with van der Waals surface area (Å²) < 4.78 is 5.06. The average molecular weight is 336 g/mol. The Hall–Kier alpha value is -1.81. The van der Waals surface area contributed by atoms with E-state index in [1.165, 1.54) is 6.08 Å². The van der Waals surface area contributed by atoms with Crippen molar-refractivity contribution in [1.82, 2.24) is 4.90 Å².